The van der Waals surface area contributed by atoms with Gasteiger partial charge in [0.2, 0.25) is 0 Å². The van der Waals surface area contributed by atoms with Crippen molar-refractivity contribution in [2.45, 2.75) is 51.5 Å². The van der Waals surface area contributed by atoms with Gasteiger partial charge in [0.15, 0.2) is 0 Å². The van der Waals surface area contributed by atoms with Crippen molar-refractivity contribution in [1.82, 2.24) is 0 Å². The van der Waals surface area contributed by atoms with E-state index >= 15 is 0 Å². The molecule has 2 fully saturated rings. The van der Waals surface area contributed by atoms with Crippen LogP contribution in [-0.2, 0) is 0 Å². The Morgan fingerprint density at radius 2 is 1.68 bits per heavy atom. The van der Waals surface area contributed by atoms with Crippen molar-refractivity contribution < 1.29 is 0 Å². The van der Waals surface area contributed by atoms with Crippen molar-refractivity contribution in [3.8, 4) is 0 Å². The van der Waals surface area contributed by atoms with E-state index in [4.69, 9.17) is 0 Å². The number of hydrogen-bond acceptors (Lipinski definition) is 2. The molecule has 2 aliphatic rings. The summed E-state index contributed by atoms with van der Waals surface area (Å²) in [7, 11) is 0. The van der Waals surface area contributed by atoms with Gasteiger partial charge in [-0.25, -0.2) is 0 Å². The van der Waals surface area contributed by atoms with Gasteiger partial charge in [-0.15, -0.1) is 0 Å². The van der Waals surface area contributed by atoms with Gasteiger partial charge in [0, 0.05) is 19.1 Å². The number of hydrogen-bond donors (Lipinski definition) is 1. The molecular weight excluding hydrogens is 232 g/mol. The van der Waals surface area contributed by atoms with Gasteiger partial charge in [-0.3, -0.25) is 0 Å². The van der Waals surface area contributed by atoms with Crippen LogP contribution in [0.5, 0.6) is 0 Å². The molecule has 0 radical (unpaired) electrons. The fourth-order valence-electron chi connectivity index (χ4n) is 3.45. The zero-order valence-corrected chi connectivity index (χ0v) is 12.1. The number of nitrogens with one attached hydrogen (secondary N) is 1. The summed E-state index contributed by atoms with van der Waals surface area (Å²) >= 11 is 0. The van der Waals surface area contributed by atoms with Crippen LogP contribution in [0.1, 0.15) is 45.4 Å². The van der Waals surface area contributed by atoms with E-state index < -0.39 is 0 Å². The maximum absolute atomic E-state index is 3.81. The van der Waals surface area contributed by atoms with Gasteiger partial charge in [-0.05, 0) is 56.6 Å². The molecule has 1 heterocycles. The van der Waals surface area contributed by atoms with Crippen LogP contribution in [-0.4, -0.2) is 19.1 Å². The molecule has 0 bridgehead atoms. The summed E-state index contributed by atoms with van der Waals surface area (Å²) in [4.78, 5) is 2.54. The standard InChI is InChI=1S/C17H26N2/c1-14-8-10-15(11-9-14)18-16-6-2-3-7-17(16)19-12-4-5-13-19/h2-3,6-7,14-15,18H,4-5,8-13H2,1H3. The molecule has 2 nitrogen and oxygen atoms in total. The minimum Gasteiger partial charge on any atom is -0.381 e. The monoisotopic (exact) mass is 258 g/mol. The quantitative estimate of drug-likeness (QED) is 0.870. The first kappa shape index (κ1) is 12.8. The lowest BCUT2D eigenvalue weighted by atomic mass is 9.87. The van der Waals surface area contributed by atoms with Gasteiger partial charge < -0.3 is 10.2 Å². The Labute approximate surface area is 117 Å². The third kappa shape index (κ3) is 3.05. The second kappa shape index (κ2) is 5.85. The van der Waals surface area contributed by atoms with Gasteiger partial charge in [0.05, 0.1) is 11.4 Å². The molecule has 2 heteroatoms. The normalized spacial score (nSPS) is 27.5. The maximum Gasteiger partial charge on any atom is 0.0602 e. The SMILES string of the molecule is CC1CCC(Nc2ccccc2N2CCCC2)CC1. The van der Waals surface area contributed by atoms with Crippen molar-refractivity contribution in [1.29, 1.82) is 0 Å². The molecule has 1 aromatic rings. The van der Waals surface area contributed by atoms with Crippen LogP contribution in [0.3, 0.4) is 0 Å². The molecule has 0 aromatic heterocycles. The van der Waals surface area contributed by atoms with E-state index in [1.165, 1.54) is 63.0 Å². The van der Waals surface area contributed by atoms with E-state index in [0.717, 1.165) is 5.92 Å². The maximum atomic E-state index is 3.81. The molecule has 1 aliphatic carbocycles. The molecule has 0 amide bonds. The van der Waals surface area contributed by atoms with Crippen LogP contribution in [0.4, 0.5) is 11.4 Å². The van der Waals surface area contributed by atoms with E-state index in [2.05, 4.69) is 41.4 Å². The van der Waals surface area contributed by atoms with Crippen molar-refractivity contribution >= 4 is 11.4 Å². The van der Waals surface area contributed by atoms with Crippen LogP contribution in [0.15, 0.2) is 24.3 Å². The highest BCUT2D eigenvalue weighted by atomic mass is 15.2. The van der Waals surface area contributed by atoms with Crippen LogP contribution in [0.2, 0.25) is 0 Å². The molecule has 104 valence electrons. The topological polar surface area (TPSA) is 15.3 Å². The molecule has 1 aromatic carbocycles. The first-order valence-electron chi connectivity index (χ1n) is 7.93. The van der Waals surface area contributed by atoms with Gasteiger partial charge in [0.25, 0.3) is 0 Å². The van der Waals surface area contributed by atoms with E-state index in [-0.39, 0.29) is 0 Å². The largest absolute Gasteiger partial charge is 0.381 e. The van der Waals surface area contributed by atoms with Gasteiger partial charge in [0.1, 0.15) is 0 Å². The minimum absolute atomic E-state index is 0.681. The average molecular weight is 258 g/mol. The molecule has 1 N–H and O–H groups in total. The summed E-state index contributed by atoms with van der Waals surface area (Å²) in [6.45, 7) is 4.83. The summed E-state index contributed by atoms with van der Waals surface area (Å²) in [6, 6.07) is 9.54. The number of benzene rings is 1. The van der Waals surface area contributed by atoms with Crippen LogP contribution < -0.4 is 10.2 Å². The number of rotatable bonds is 3. The Hall–Kier alpha value is -1.18. The molecular formula is C17H26N2. The number of anilines is 2. The van der Waals surface area contributed by atoms with Crippen LogP contribution in [0, 0.1) is 5.92 Å². The van der Waals surface area contributed by atoms with Gasteiger partial charge >= 0.3 is 0 Å². The van der Waals surface area contributed by atoms with Crippen molar-refractivity contribution in [3.05, 3.63) is 24.3 Å². The summed E-state index contributed by atoms with van der Waals surface area (Å²) in [6.07, 6.45) is 8.10. The Kier molecular flexibility index (Phi) is 3.95. The lowest BCUT2D eigenvalue weighted by molar-refractivity contribution is 0.361. The summed E-state index contributed by atoms with van der Waals surface area (Å²) in [5.74, 6) is 0.923. The van der Waals surface area contributed by atoms with Gasteiger partial charge in [-0.2, -0.15) is 0 Å². The summed E-state index contributed by atoms with van der Waals surface area (Å²) < 4.78 is 0. The van der Waals surface area contributed by atoms with Crippen molar-refractivity contribution in [3.63, 3.8) is 0 Å². The smallest absolute Gasteiger partial charge is 0.0602 e. The second-order valence-electron chi connectivity index (χ2n) is 6.31. The second-order valence-corrected chi connectivity index (χ2v) is 6.31. The highest BCUT2D eigenvalue weighted by Gasteiger charge is 2.20. The zero-order valence-electron chi connectivity index (χ0n) is 12.1. The fraction of sp³-hybridized carbons (Fsp3) is 0.647. The van der Waals surface area contributed by atoms with Crippen molar-refractivity contribution in [2.75, 3.05) is 23.3 Å². The first-order chi connectivity index (χ1) is 9.33. The third-order valence-electron chi connectivity index (χ3n) is 4.73. The van der Waals surface area contributed by atoms with E-state index in [0.29, 0.717) is 6.04 Å². The molecule has 1 saturated heterocycles. The van der Waals surface area contributed by atoms with Gasteiger partial charge in [-0.1, -0.05) is 19.1 Å². The zero-order chi connectivity index (χ0) is 13.1. The van der Waals surface area contributed by atoms with E-state index in [9.17, 15) is 0 Å². The summed E-state index contributed by atoms with van der Waals surface area (Å²) in [5, 5.41) is 3.81. The molecule has 1 aliphatic heterocycles. The van der Waals surface area contributed by atoms with E-state index in [1.807, 2.05) is 0 Å². The molecule has 0 unspecified atom stereocenters. The average Bonchev–Trinajstić information content (AvgIpc) is 2.96. The lowest BCUT2D eigenvalue weighted by Gasteiger charge is -2.30. The number of nitrogens with zero attached hydrogens (tertiary/aromatic N) is 1. The molecule has 1 saturated carbocycles. The number of para-hydroxylation sites is 2. The molecule has 19 heavy (non-hydrogen) atoms. The predicted molar refractivity (Wildman–Crippen MR) is 82.9 cm³/mol. The lowest BCUT2D eigenvalue weighted by Crippen LogP contribution is -2.27. The fourth-order valence-corrected chi connectivity index (χ4v) is 3.45. The van der Waals surface area contributed by atoms with E-state index in [1.54, 1.807) is 0 Å². The third-order valence-corrected chi connectivity index (χ3v) is 4.73. The van der Waals surface area contributed by atoms with Crippen molar-refractivity contribution in [2.24, 2.45) is 5.92 Å². The predicted octanol–water partition coefficient (Wildman–Crippen LogP) is 4.28. The highest BCUT2D eigenvalue weighted by Crippen LogP contribution is 2.32. The highest BCUT2D eigenvalue weighted by molar-refractivity contribution is 5.70. The Morgan fingerprint density at radius 1 is 1.00 bits per heavy atom. The molecule has 3 rings (SSSR count). The van der Waals surface area contributed by atoms with Crippen LogP contribution >= 0.6 is 0 Å². The minimum atomic E-state index is 0.681. The molecule has 0 atom stereocenters. The summed E-state index contributed by atoms with van der Waals surface area (Å²) in [5.41, 5.74) is 2.77. The van der Waals surface area contributed by atoms with Crippen LogP contribution in [0.25, 0.3) is 0 Å². The Morgan fingerprint density at radius 3 is 2.42 bits per heavy atom. The molecule has 0 spiro atoms. The Bertz CT molecular complexity index is 401. The Balaban J connectivity index is 1.69. The first-order valence-corrected chi connectivity index (χ1v) is 7.93.